The molecule has 7 rings (SSSR count). The van der Waals surface area contributed by atoms with E-state index in [1.807, 2.05) is 6.07 Å². The van der Waals surface area contributed by atoms with E-state index in [-0.39, 0.29) is 18.5 Å². The molecule has 48 heavy (non-hydrogen) atoms. The summed E-state index contributed by atoms with van der Waals surface area (Å²) in [5, 5.41) is 24.3. The van der Waals surface area contributed by atoms with Gasteiger partial charge in [-0.05, 0) is 56.4 Å². The smallest absolute Gasteiger partial charge is 0.357 e. The van der Waals surface area contributed by atoms with Crippen molar-refractivity contribution in [2.75, 3.05) is 56.2 Å². The van der Waals surface area contributed by atoms with E-state index in [1.165, 1.54) is 10.8 Å². The second-order valence-electron chi connectivity index (χ2n) is 12.8. The first-order valence-corrected chi connectivity index (χ1v) is 16.7. The number of benzene rings is 3. The molecule has 2 unspecified atom stereocenters. The maximum absolute atomic E-state index is 12.9. The number of nitrogens with zero attached hydrogens (tertiary/aromatic N) is 7. The molecular weight excluding hydrogens is 602 g/mol. The second-order valence-corrected chi connectivity index (χ2v) is 12.8. The highest BCUT2D eigenvalue weighted by atomic mass is 16.7. The molecule has 4 heterocycles. The molecule has 244 valence electrons. The van der Waals surface area contributed by atoms with E-state index in [2.05, 4.69) is 76.4 Å². The van der Waals surface area contributed by atoms with E-state index < -0.39 is 5.97 Å². The number of aromatic nitrogens is 1. The lowest BCUT2D eigenvalue weighted by Gasteiger charge is -2.41. The highest BCUT2D eigenvalue weighted by molar-refractivity contribution is 5.94. The third kappa shape index (κ3) is 6.25. The second kappa shape index (κ2) is 13.9. The van der Waals surface area contributed by atoms with Gasteiger partial charge in [0, 0.05) is 54.4 Å². The molecule has 3 aliphatic rings. The summed E-state index contributed by atoms with van der Waals surface area (Å²) in [7, 11) is 2.11. The van der Waals surface area contributed by atoms with Crippen molar-refractivity contribution in [2.45, 2.75) is 44.3 Å². The number of pyridine rings is 1. The number of anilines is 2. The van der Waals surface area contributed by atoms with Gasteiger partial charge in [0.15, 0.2) is 0 Å². The average Bonchev–Trinajstić information content (AvgIpc) is 3.55. The normalized spacial score (nSPS) is 19.8. The van der Waals surface area contributed by atoms with Crippen LogP contribution in [-0.4, -0.2) is 79.4 Å². The topological polar surface area (TPSA) is 109 Å². The van der Waals surface area contributed by atoms with Gasteiger partial charge < -0.3 is 24.3 Å². The van der Waals surface area contributed by atoms with E-state index >= 15 is 0 Å². The molecule has 10 nitrogen and oxygen atoms in total. The van der Waals surface area contributed by atoms with Crippen LogP contribution in [0.4, 0.5) is 11.5 Å². The fourth-order valence-corrected chi connectivity index (χ4v) is 7.28. The molecule has 0 spiro atoms. The van der Waals surface area contributed by atoms with Crippen LogP contribution in [0, 0.1) is 22.7 Å². The molecule has 3 aliphatic heterocycles. The van der Waals surface area contributed by atoms with Crippen LogP contribution in [0.5, 0.6) is 5.88 Å². The molecule has 0 bridgehead atoms. The molecule has 0 amide bonds. The summed E-state index contributed by atoms with van der Waals surface area (Å²) in [6, 6.07) is 28.3. The Morgan fingerprint density at radius 3 is 2.52 bits per heavy atom. The maximum Gasteiger partial charge on any atom is 0.357 e. The zero-order valence-electron chi connectivity index (χ0n) is 27.2. The third-order valence-electron chi connectivity index (χ3n) is 9.91. The first kappa shape index (κ1) is 31.4. The molecule has 2 atom stereocenters. The van der Waals surface area contributed by atoms with E-state index in [0.717, 1.165) is 48.6 Å². The monoisotopic (exact) mass is 641 g/mol. The Kier molecular flexibility index (Phi) is 9.11. The molecule has 2 saturated heterocycles. The molecule has 0 radical (unpaired) electrons. The maximum atomic E-state index is 12.9. The van der Waals surface area contributed by atoms with E-state index in [9.17, 15) is 15.3 Å². The molecule has 2 fully saturated rings. The minimum Gasteiger partial charge on any atom is -0.475 e. The van der Waals surface area contributed by atoms with Gasteiger partial charge in [0.05, 0.1) is 30.6 Å². The van der Waals surface area contributed by atoms with Crippen molar-refractivity contribution in [3.63, 3.8) is 0 Å². The predicted molar refractivity (Wildman–Crippen MR) is 184 cm³/mol. The largest absolute Gasteiger partial charge is 0.475 e. The zero-order valence-corrected chi connectivity index (χ0v) is 27.2. The minimum absolute atomic E-state index is 0.184. The zero-order chi connectivity index (χ0) is 33.0. The first-order valence-electron chi connectivity index (χ1n) is 16.7. The highest BCUT2D eigenvalue weighted by Crippen LogP contribution is 2.39. The summed E-state index contributed by atoms with van der Waals surface area (Å²) in [6.45, 7) is 4.20. The quantitative estimate of drug-likeness (QED) is 0.251. The number of rotatable bonds is 8. The summed E-state index contributed by atoms with van der Waals surface area (Å²) >= 11 is 0. The Labute approximate surface area is 281 Å². The van der Waals surface area contributed by atoms with Gasteiger partial charge in [0.2, 0.25) is 5.88 Å². The Hall–Kier alpha value is -5.16. The van der Waals surface area contributed by atoms with Crippen LogP contribution in [0.3, 0.4) is 0 Å². The van der Waals surface area contributed by atoms with Crippen LogP contribution in [0.1, 0.15) is 46.3 Å². The number of fused-ring (bicyclic) bond motifs is 2. The molecule has 0 aliphatic carbocycles. The molecule has 10 heteroatoms. The van der Waals surface area contributed by atoms with Gasteiger partial charge in [-0.2, -0.15) is 15.5 Å². The number of hydroxylamine groups is 2. The Balaban J connectivity index is 1.22. The summed E-state index contributed by atoms with van der Waals surface area (Å²) in [6.07, 6.45) is 3.05. The van der Waals surface area contributed by atoms with Gasteiger partial charge in [-0.25, -0.2) is 4.79 Å². The third-order valence-corrected chi connectivity index (χ3v) is 9.91. The van der Waals surface area contributed by atoms with Gasteiger partial charge >= 0.3 is 5.97 Å². The number of hydrogen-bond acceptors (Lipinski definition) is 10. The van der Waals surface area contributed by atoms with Gasteiger partial charge in [-0.15, -0.1) is 5.06 Å². The van der Waals surface area contributed by atoms with Crippen LogP contribution < -0.4 is 14.5 Å². The van der Waals surface area contributed by atoms with Crippen LogP contribution in [0.15, 0.2) is 72.8 Å². The van der Waals surface area contributed by atoms with Crippen molar-refractivity contribution >= 4 is 28.2 Å². The van der Waals surface area contributed by atoms with Gasteiger partial charge in [0.1, 0.15) is 24.1 Å². The first-order chi connectivity index (χ1) is 23.5. The average molecular weight is 642 g/mol. The number of hydrogen-bond donors (Lipinski definition) is 0. The number of likely N-dealkylation sites (tertiary alicyclic amines) is 1. The van der Waals surface area contributed by atoms with E-state index in [1.54, 1.807) is 29.3 Å². The van der Waals surface area contributed by atoms with Gasteiger partial charge in [0.25, 0.3) is 0 Å². The van der Waals surface area contributed by atoms with E-state index in [0.29, 0.717) is 56.2 Å². The van der Waals surface area contributed by atoms with Crippen molar-refractivity contribution in [2.24, 2.45) is 0 Å². The standard InChI is InChI=1S/C38H39N7O3/c1-42-19-8-13-30(42)26-47-37-33(23-40)34-25-43(35-15-7-12-27-9-5-6-14-31(27)35)20-17-32(34)36(41-37)44-21-22-45(29(24-44)16-18-39)48-38(46)28-10-3-2-4-11-28/h2-7,9-12,14-15,29-30H,8,13,16-17,19-22,24-26H2,1H3. The fraction of sp³-hybridized carbons (Fsp3) is 0.368. The molecule has 0 N–H and O–H groups in total. The lowest BCUT2D eigenvalue weighted by Crippen LogP contribution is -2.54. The molecule has 3 aromatic carbocycles. The van der Waals surface area contributed by atoms with Crippen molar-refractivity contribution in [3.8, 4) is 18.0 Å². The van der Waals surface area contributed by atoms with Crippen LogP contribution >= 0.6 is 0 Å². The van der Waals surface area contributed by atoms with Crippen molar-refractivity contribution in [1.82, 2.24) is 14.9 Å². The number of ether oxygens (including phenoxy) is 1. The Bertz CT molecular complexity index is 1880. The molecule has 1 aromatic heterocycles. The van der Waals surface area contributed by atoms with Crippen LogP contribution in [0.2, 0.25) is 0 Å². The van der Waals surface area contributed by atoms with Crippen molar-refractivity contribution < 1.29 is 14.4 Å². The SMILES string of the molecule is CN1CCCC1COc1nc(N2CCN(OC(=O)c3ccccc3)C(CC#N)C2)c2c(c1C#N)CN(c1cccc3ccccc13)CC2. The Morgan fingerprint density at radius 2 is 1.73 bits per heavy atom. The lowest BCUT2D eigenvalue weighted by molar-refractivity contribution is -0.140. The molecule has 4 aromatic rings. The van der Waals surface area contributed by atoms with Crippen LogP contribution in [0.25, 0.3) is 10.8 Å². The molecule has 0 saturated carbocycles. The predicted octanol–water partition coefficient (Wildman–Crippen LogP) is 5.32. The Morgan fingerprint density at radius 1 is 0.917 bits per heavy atom. The summed E-state index contributed by atoms with van der Waals surface area (Å²) in [5.74, 6) is 0.705. The van der Waals surface area contributed by atoms with Gasteiger partial charge in [-0.1, -0.05) is 54.6 Å². The molecular formula is C38H39N7O3. The summed E-state index contributed by atoms with van der Waals surface area (Å²) < 4.78 is 6.44. The lowest BCUT2D eigenvalue weighted by atomic mass is 9.94. The van der Waals surface area contributed by atoms with Gasteiger partial charge in [-0.3, -0.25) is 0 Å². The summed E-state index contributed by atoms with van der Waals surface area (Å²) in [5.41, 5.74) is 4.07. The number of carbonyl (C=O) groups excluding carboxylic acids is 1. The highest BCUT2D eigenvalue weighted by Gasteiger charge is 2.35. The van der Waals surface area contributed by atoms with E-state index in [4.69, 9.17) is 14.6 Å². The van der Waals surface area contributed by atoms with Crippen molar-refractivity contribution in [1.29, 1.82) is 10.5 Å². The van der Waals surface area contributed by atoms with Crippen LogP contribution in [-0.2, 0) is 17.8 Å². The summed E-state index contributed by atoms with van der Waals surface area (Å²) in [4.78, 5) is 30.7. The number of carbonyl (C=O) groups is 1. The fourth-order valence-electron chi connectivity index (χ4n) is 7.28. The minimum atomic E-state index is -0.443. The number of likely N-dealkylation sites (N-methyl/N-ethyl adjacent to an activating group) is 1. The number of piperazine rings is 1. The number of nitriles is 2. The van der Waals surface area contributed by atoms with Crippen molar-refractivity contribution in [3.05, 3.63) is 95.1 Å².